The molecule has 3 rings (SSSR count). The monoisotopic (exact) mass is 320 g/mol. The predicted molar refractivity (Wildman–Crippen MR) is 99.4 cm³/mol. The zero-order valence-electron chi connectivity index (χ0n) is 13.6. The van der Waals surface area contributed by atoms with Crippen molar-refractivity contribution in [2.24, 2.45) is 0 Å². The van der Waals surface area contributed by atoms with E-state index in [1.54, 1.807) is 0 Å². The van der Waals surface area contributed by atoms with Crippen LogP contribution in [-0.4, -0.2) is 0 Å². The molecule has 3 aromatic carbocycles. The van der Waals surface area contributed by atoms with E-state index in [0.717, 1.165) is 16.2 Å². The third-order valence-electron chi connectivity index (χ3n) is 4.32. The van der Waals surface area contributed by atoms with Gasteiger partial charge in [-0.15, -0.1) is 0 Å². The number of rotatable bonds is 4. The van der Waals surface area contributed by atoms with Crippen LogP contribution in [0.15, 0.2) is 78.9 Å². The van der Waals surface area contributed by atoms with E-state index in [9.17, 15) is 4.57 Å². The molecule has 0 fully saturated rings. The Hall–Kier alpha value is -2.11. The van der Waals surface area contributed by atoms with E-state index >= 15 is 0 Å². The lowest BCUT2D eigenvalue weighted by atomic mass is 10.1. The third kappa shape index (κ3) is 3.30. The Kier molecular flexibility index (Phi) is 4.50. The van der Waals surface area contributed by atoms with E-state index in [-0.39, 0.29) is 0 Å². The van der Waals surface area contributed by atoms with Crippen LogP contribution in [0.5, 0.6) is 0 Å². The molecular weight excluding hydrogens is 299 g/mol. The molecule has 0 radical (unpaired) electrons. The Labute approximate surface area is 138 Å². The van der Waals surface area contributed by atoms with Crippen LogP contribution < -0.4 is 10.6 Å². The molecule has 0 heterocycles. The standard InChI is InChI=1S/C21H21OP/c1-17-13-14-19(15-18(17)2)16-23(22,20-9-5-3-6-10-20)21-11-7-4-8-12-21/h3-15H,16H2,1-2H3. The predicted octanol–water partition coefficient (Wildman–Crippen LogP) is 4.82. The smallest absolute Gasteiger partial charge is 0.147 e. The van der Waals surface area contributed by atoms with Crippen molar-refractivity contribution in [3.8, 4) is 0 Å². The van der Waals surface area contributed by atoms with E-state index in [0.29, 0.717) is 6.16 Å². The molecule has 0 atom stereocenters. The first kappa shape index (κ1) is 15.8. The minimum atomic E-state index is -2.68. The van der Waals surface area contributed by atoms with Crippen LogP contribution in [0.3, 0.4) is 0 Å². The van der Waals surface area contributed by atoms with Crippen molar-refractivity contribution >= 4 is 17.8 Å². The van der Waals surface area contributed by atoms with Crippen LogP contribution in [0.2, 0.25) is 0 Å². The Balaban J connectivity index is 2.09. The van der Waals surface area contributed by atoms with E-state index < -0.39 is 7.14 Å². The van der Waals surface area contributed by atoms with Crippen molar-refractivity contribution in [1.82, 2.24) is 0 Å². The number of aryl methyl sites for hydroxylation is 2. The van der Waals surface area contributed by atoms with E-state index in [4.69, 9.17) is 0 Å². The van der Waals surface area contributed by atoms with E-state index in [2.05, 4.69) is 32.0 Å². The third-order valence-corrected chi connectivity index (χ3v) is 7.40. The molecule has 0 saturated carbocycles. The van der Waals surface area contributed by atoms with Gasteiger partial charge in [0.2, 0.25) is 0 Å². The van der Waals surface area contributed by atoms with Crippen molar-refractivity contribution < 1.29 is 4.57 Å². The molecule has 0 saturated heterocycles. The van der Waals surface area contributed by atoms with Crippen molar-refractivity contribution in [1.29, 1.82) is 0 Å². The van der Waals surface area contributed by atoms with Crippen LogP contribution in [0.4, 0.5) is 0 Å². The summed E-state index contributed by atoms with van der Waals surface area (Å²) < 4.78 is 14.0. The number of hydrogen-bond acceptors (Lipinski definition) is 1. The Morgan fingerprint density at radius 1 is 0.696 bits per heavy atom. The van der Waals surface area contributed by atoms with Gasteiger partial charge in [-0.1, -0.05) is 78.9 Å². The van der Waals surface area contributed by atoms with Gasteiger partial charge in [0.15, 0.2) is 0 Å². The SMILES string of the molecule is Cc1ccc(CP(=O)(c2ccccc2)c2ccccc2)cc1C. The van der Waals surface area contributed by atoms with E-state index in [1.165, 1.54) is 11.1 Å². The van der Waals surface area contributed by atoms with Crippen molar-refractivity contribution in [3.63, 3.8) is 0 Å². The summed E-state index contributed by atoms with van der Waals surface area (Å²) >= 11 is 0. The van der Waals surface area contributed by atoms with Gasteiger partial charge in [0, 0.05) is 16.8 Å². The lowest BCUT2D eigenvalue weighted by molar-refractivity contribution is 0.586. The molecule has 0 amide bonds. The van der Waals surface area contributed by atoms with Gasteiger partial charge >= 0.3 is 0 Å². The summed E-state index contributed by atoms with van der Waals surface area (Å²) in [5.41, 5.74) is 3.64. The molecule has 3 aromatic rings. The molecule has 2 heteroatoms. The zero-order chi connectivity index (χ0) is 16.3. The highest BCUT2D eigenvalue weighted by atomic mass is 31.2. The van der Waals surface area contributed by atoms with Gasteiger partial charge in [0.1, 0.15) is 7.14 Å². The lowest BCUT2D eigenvalue weighted by Gasteiger charge is -2.20. The highest BCUT2D eigenvalue weighted by Crippen LogP contribution is 2.46. The lowest BCUT2D eigenvalue weighted by Crippen LogP contribution is -2.17. The maximum atomic E-state index is 14.0. The molecule has 1 nitrogen and oxygen atoms in total. The topological polar surface area (TPSA) is 17.1 Å². The van der Waals surface area contributed by atoms with Gasteiger partial charge in [-0.2, -0.15) is 0 Å². The fraction of sp³-hybridized carbons (Fsp3) is 0.143. The average molecular weight is 320 g/mol. The highest BCUT2D eigenvalue weighted by molar-refractivity contribution is 7.78. The van der Waals surface area contributed by atoms with Crippen molar-refractivity contribution in [2.75, 3.05) is 0 Å². The molecule has 0 unspecified atom stereocenters. The van der Waals surface area contributed by atoms with Crippen LogP contribution in [-0.2, 0) is 10.7 Å². The fourth-order valence-electron chi connectivity index (χ4n) is 2.83. The molecule has 0 aromatic heterocycles. The summed E-state index contributed by atoms with van der Waals surface area (Å²) in [4.78, 5) is 0. The maximum absolute atomic E-state index is 14.0. The second kappa shape index (κ2) is 6.56. The summed E-state index contributed by atoms with van der Waals surface area (Å²) in [6, 6.07) is 26.1. The number of benzene rings is 3. The quantitative estimate of drug-likeness (QED) is 0.630. The van der Waals surface area contributed by atoms with Crippen molar-refractivity contribution in [3.05, 3.63) is 95.6 Å². The van der Waals surface area contributed by atoms with Gasteiger partial charge in [-0.05, 0) is 30.5 Å². The largest absolute Gasteiger partial charge is 0.313 e. The Morgan fingerprint density at radius 3 is 1.70 bits per heavy atom. The molecule has 23 heavy (non-hydrogen) atoms. The minimum Gasteiger partial charge on any atom is -0.313 e. The summed E-state index contributed by atoms with van der Waals surface area (Å²) in [7, 11) is -2.68. The summed E-state index contributed by atoms with van der Waals surface area (Å²) in [6.45, 7) is 4.21. The molecule has 0 bridgehead atoms. The fourth-order valence-corrected chi connectivity index (χ4v) is 5.51. The molecule has 0 N–H and O–H groups in total. The zero-order valence-corrected chi connectivity index (χ0v) is 14.5. The molecule has 0 spiro atoms. The average Bonchev–Trinajstić information content (AvgIpc) is 2.60. The molecular formula is C21H21OP. The second-order valence-corrected chi connectivity index (χ2v) is 8.82. The minimum absolute atomic E-state index is 0.558. The van der Waals surface area contributed by atoms with Gasteiger partial charge in [0.05, 0.1) is 0 Å². The Morgan fingerprint density at radius 2 is 1.22 bits per heavy atom. The maximum Gasteiger partial charge on any atom is 0.147 e. The van der Waals surface area contributed by atoms with Gasteiger partial charge < -0.3 is 4.57 Å². The first-order valence-electron chi connectivity index (χ1n) is 7.86. The summed E-state index contributed by atoms with van der Waals surface area (Å²) in [5.74, 6) is 0. The van der Waals surface area contributed by atoms with Gasteiger partial charge in [0.25, 0.3) is 0 Å². The molecule has 0 aliphatic carbocycles. The van der Waals surface area contributed by atoms with Crippen LogP contribution in [0.25, 0.3) is 0 Å². The van der Waals surface area contributed by atoms with Crippen LogP contribution >= 0.6 is 7.14 Å². The first-order valence-corrected chi connectivity index (χ1v) is 9.75. The Bertz CT molecular complexity index is 795. The van der Waals surface area contributed by atoms with Crippen molar-refractivity contribution in [2.45, 2.75) is 20.0 Å². The molecule has 0 aliphatic heterocycles. The van der Waals surface area contributed by atoms with Crippen LogP contribution in [0, 0.1) is 13.8 Å². The summed E-state index contributed by atoms with van der Waals surface area (Å²) in [6.07, 6.45) is 0.558. The van der Waals surface area contributed by atoms with E-state index in [1.807, 2.05) is 60.7 Å². The van der Waals surface area contributed by atoms with Crippen LogP contribution in [0.1, 0.15) is 16.7 Å². The first-order chi connectivity index (χ1) is 11.1. The summed E-state index contributed by atoms with van der Waals surface area (Å²) in [5, 5.41) is 1.84. The van der Waals surface area contributed by atoms with Gasteiger partial charge in [-0.25, -0.2) is 0 Å². The second-order valence-electron chi connectivity index (χ2n) is 5.99. The van der Waals surface area contributed by atoms with Gasteiger partial charge in [-0.3, -0.25) is 0 Å². The molecule has 116 valence electrons. The normalized spacial score (nSPS) is 11.4. The highest BCUT2D eigenvalue weighted by Gasteiger charge is 2.27. The number of hydrogen-bond donors (Lipinski definition) is 0. The molecule has 0 aliphatic rings.